The second-order valence-corrected chi connectivity index (χ2v) is 8.32. The molecular weight excluding hydrogens is 376 g/mol. The molecule has 8 heteroatoms. The molecule has 1 unspecified atom stereocenters. The second-order valence-electron chi connectivity index (χ2n) is 8.32. The molecule has 5 rings (SSSR count). The zero-order valence-corrected chi connectivity index (χ0v) is 17.1. The maximum atomic E-state index is 8.94. The number of H-pyrrole nitrogens is 1. The molecule has 154 valence electrons. The zero-order valence-electron chi connectivity index (χ0n) is 17.1. The van der Waals surface area contributed by atoms with Gasteiger partial charge in [-0.2, -0.15) is 15.3 Å². The largest absolute Gasteiger partial charge is 0.351 e. The number of nitrogens with one attached hydrogen (secondary N) is 3. The van der Waals surface area contributed by atoms with Gasteiger partial charge in [0.05, 0.1) is 11.6 Å². The molecule has 0 aliphatic carbocycles. The van der Waals surface area contributed by atoms with E-state index in [1.165, 1.54) is 12.8 Å². The van der Waals surface area contributed by atoms with Crippen molar-refractivity contribution >= 4 is 28.5 Å². The summed E-state index contributed by atoms with van der Waals surface area (Å²) < 4.78 is 0. The highest BCUT2D eigenvalue weighted by atomic mass is 15.3. The summed E-state index contributed by atoms with van der Waals surface area (Å²) in [5.74, 6) is 2.15. The summed E-state index contributed by atoms with van der Waals surface area (Å²) in [4.78, 5) is 12.1. The normalized spacial score (nSPS) is 23.4. The topological polar surface area (TPSA) is 106 Å². The summed E-state index contributed by atoms with van der Waals surface area (Å²) in [6.45, 7) is 2.86. The third kappa shape index (κ3) is 3.68. The number of aromatic amines is 1. The number of benzene rings is 1. The number of piperidine rings is 1. The summed E-state index contributed by atoms with van der Waals surface area (Å²) >= 11 is 0. The number of aromatic nitrogens is 4. The maximum absolute atomic E-state index is 8.94. The molecule has 3 aromatic rings. The van der Waals surface area contributed by atoms with Gasteiger partial charge < -0.3 is 10.6 Å². The number of anilines is 3. The standard InChI is InChI=1S/C22H26N8/c1-14-11-20(29-28-14)26-21-18-5-2-3-6-19(18)25-22(27-21)24-15-12-16-7-8-17(13-15)30(16)10-4-9-23/h2-3,5-6,11,15-17H,4,7-8,10,12-13H2,1H3,(H3,24,25,26,27,28,29)/t15?,16-,17+. The third-order valence-corrected chi connectivity index (χ3v) is 6.25. The summed E-state index contributed by atoms with van der Waals surface area (Å²) in [7, 11) is 0. The van der Waals surface area contributed by atoms with E-state index in [4.69, 9.17) is 15.2 Å². The lowest BCUT2D eigenvalue weighted by atomic mass is 9.97. The van der Waals surface area contributed by atoms with Crippen molar-refractivity contribution in [2.24, 2.45) is 0 Å². The van der Waals surface area contributed by atoms with E-state index in [1.54, 1.807) is 0 Å². The molecule has 3 atom stereocenters. The minimum atomic E-state index is 0.350. The number of nitrogens with zero attached hydrogens (tertiary/aromatic N) is 5. The van der Waals surface area contributed by atoms with Crippen LogP contribution in [0, 0.1) is 18.3 Å². The summed E-state index contributed by atoms with van der Waals surface area (Å²) in [6, 6.07) is 13.7. The molecule has 0 radical (unpaired) electrons. The Morgan fingerprint density at radius 3 is 2.73 bits per heavy atom. The van der Waals surface area contributed by atoms with Crippen LogP contribution in [0.5, 0.6) is 0 Å². The van der Waals surface area contributed by atoms with Gasteiger partial charge in [-0.15, -0.1) is 0 Å². The number of para-hydroxylation sites is 1. The van der Waals surface area contributed by atoms with Crippen molar-refractivity contribution in [2.75, 3.05) is 17.2 Å². The Morgan fingerprint density at radius 1 is 1.20 bits per heavy atom. The molecule has 2 saturated heterocycles. The first-order valence-electron chi connectivity index (χ1n) is 10.6. The highest BCUT2D eigenvalue weighted by molar-refractivity contribution is 5.91. The van der Waals surface area contributed by atoms with Gasteiger partial charge in [-0.3, -0.25) is 10.00 Å². The van der Waals surface area contributed by atoms with Gasteiger partial charge in [0.15, 0.2) is 5.82 Å². The van der Waals surface area contributed by atoms with Crippen LogP contribution in [0.25, 0.3) is 10.9 Å². The molecule has 2 fully saturated rings. The second kappa shape index (κ2) is 7.92. The summed E-state index contributed by atoms with van der Waals surface area (Å²) in [6.07, 6.45) is 5.19. The van der Waals surface area contributed by atoms with E-state index in [2.05, 4.69) is 31.8 Å². The van der Waals surface area contributed by atoms with E-state index in [1.807, 2.05) is 37.3 Å². The SMILES string of the molecule is Cc1cc(Nc2nc(NC3C[C@H]4CC[C@@H](C3)N4CCC#N)nc3ccccc23)n[nH]1. The van der Waals surface area contributed by atoms with Crippen molar-refractivity contribution in [2.45, 2.75) is 57.2 Å². The molecule has 30 heavy (non-hydrogen) atoms. The Labute approximate surface area is 175 Å². The zero-order chi connectivity index (χ0) is 20.5. The average Bonchev–Trinajstić information content (AvgIpc) is 3.25. The van der Waals surface area contributed by atoms with Crippen molar-refractivity contribution in [3.8, 4) is 6.07 Å². The first-order chi connectivity index (χ1) is 14.7. The molecular formula is C22H26N8. The number of hydrogen-bond acceptors (Lipinski definition) is 7. The van der Waals surface area contributed by atoms with E-state index in [0.29, 0.717) is 30.5 Å². The Kier molecular flexibility index (Phi) is 4.97. The van der Waals surface area contributed by atoms with Crippen LogP contribution in [-0.4, -0.2) is 49.7 Å². The van der Waals surface area contributed by atoms with E-state index < -0.39 is 0 Å². The van der Waals surface area contributed by atoms with Gasteiger partial charge >= 0.3 is 0 Å². The van der Waals surface area contributed by atoms with Crippen LogP contribution in [0.2, 0.25) is 0 Å². The molecule has 8 nitrogen and oxygen atoms in total. The first-order valence-corrected chi connectivity index (χ1v) is 10.6. The molecule has 3 N–H and O–H groups in total. The lowest BCUT2D eigenvalue weighted by Crippen LogP contribution is -2.47. The average molecular weight is 403 g/mol. The Morgan fingerprint density at radius 2 is 2.00 bits per heavy atom. The van der Waals surface area contributed by atoms with Crippen LogP contribution in [0.15, 0.2) is 30.3 Å². The van der Waals surface area contributed by atoms with Crippen LogP contribution in [-0.2, 0) is 0 Å². The predicted molar refractivity (Wildman–Crippen MR) is 117 cm³/mol. The number of fused-ring (bicyclic) bond motifs is 3. The van der Waals surface area contributed by atoms with Gasteiger partial charge in [0.1, 0.15) is 5.82 Å². The fourth-order valence-electron chi connectivity index (χ4n) is 4.96. The fourth-order valence-corrected chi connectivity index (χ4v) is 4.96. The van der Waals surface area contributed by atoms with Crippen LogP contribution >= 0.6 is 0 Å². The molecule has 2 aromatic heterocycles. The summed E-state index contributed by atoms with van der Waals surface area (Å²) in [5, 5.41) is 24.1. The van der Waals surface area contributed by atoms with Crippen molar-refractivity contribution in [1.82, 2.24) is 25.1 Å². The van der Waals surface area contributed by atoms with Crippen LogP contribution in [0.1, 0.15) is 37.8 Å². The molecule has 0 spiro atoms. The highest BCUT2D eigenvalue weighted by Gasteiger charge is 2.40. The lowest BCUT2D eigenvalue weighted by Gasteiger charge is -2.38. The van der Waals surface area contributed by atoms with E-state index >= 15 is 0 Å². The number of aryl methyl sites for hydroxylation is 1. The van der Waals surface area contributed by atoms with Gasteiger partial charge in [-0.25, -0.2) is 4.98 Å². The first kappa shape index (κ1) is 18.8. The molecule has 0 amide bonds. The maximum Gasteiger partial charge on any atom is 0.225 e. The minimum absolute atomic E-state index is 0.350. The molecule has 2 bridgehead atoms. The quantitative estimate of drug-likeness (QED) is 0.577. The van der Waals surface area contributed by atoms with Gasteiger partial charge in [-0.05, 0) is 44.7 Å². The Balaban J connectivity index is 1.37. The van der Waals surface area contributed by atoms with Crippen LogP contribution in [0.4, 0.5) is 17.6 Å². The monoisotopic (exact) mass is 402 g/mol. The van der Waals surface area contributed by atoms with Gasteiger partial charge in [0.25, 0.3) is 0 Å². The van der Waals surface area contributed by atoms with Gasteiger partial charge in [0.2, 0.25) is 5.95 Å². The molecule has 0 saturated carbocycles. The summed E-state index contributed by atoms with van der Waals surface area (Å²) in [5.41, 5.74) is 1.90. The number of nitriles is 1. The van der Waals surface area contributed by atoms with Crippen LogP contribution in [0.3, 0.4) is 0 Å². The lowest BCUT2D eigenvalue weighted by molar-refractivity contribution is 0.135. The fraction of sp³-hybridized carbons (Fsp3) is 0.455. The van der Waals surface area contributed by atoms with E-state index in [0.717, 1.165) is 47.6 Å². The van der Waals surface area contributed by atoms with Gasteiger partial charge in [0, 0.05) is 48.2 Å². The smallest absolute Gasteiger partial charge is 0.225 e. The van der Waals surface area contributed by atoms with E-state index in [-0.39, 0.29) is 0 Å². The number of hydrogen-bond donors (Lipinski definition) is 3. The van der Waals surface area contributed by atoms with Gasteiger partial charge in [-0.1, -0.05) is 12.1 Å². The molecule has 2 aliphatic rings. The van der Waals surface area contributed by atoms with Crippen LogP contribution < -0.4 is 10.6 Å². The van der Waals surface area contributed by atoms with Crippen molar-refractivity contribution < 1.29 is 0 Å². The Hall–Kier alpha value is -3.18. The third-order valence-electron chi connectivity index (χ3n) is 6.25. The number of rotatable bonds is 6. The Bertz CT molecular complexity index is 1070. The van der Waals surface area contributed by atoms with Crippen molar-refractivity contribution in [3.63, 3.8) is 0 Å². The van der Waals surface area contributed by atoms with E-state index in [9.17, 15) is 0 Å². The molecule has 1 aromatic carbocycles. The molecule has 2 aliphatic heterocycles. The molecule has 4 heterocycles. The highest BCUT2D eigenvalue weighted by Crippen LogP contribution is 2.37. The predicted octanol–water partition coefficient (Wildman–Crippen LogP) is 3.73. The minimum Gasteiger partial charge on any atom is -0.351 e. The van der Waals surface area contributed by atoms with Crippen molar-refractivity contribution in [1.29, 1.82) is 5.26 Å². The van der Waals surface area contributed by atoms with Crippen molar-refractivity contribution in [3.05, 3.63) is 36.0 Å².